The minimum atomic E-state index is -1.21. The number of aromatic nitrogens is 1. The molecule has 1 saturated heterocycles. The van der Waals surface area contributed by atoms with Crippen molar-refractivity contribution in [2.45, 2.75) is 18.6 Å². The molecule has 7 heteroatoms. The van der Waals surface area contributed by atoms with Gasteiger partial charge in [0.25, 0.3) is 0 Å². The molecule has 0 spiro atoms. The maximum Gasteiger partial charge on any atom is 0.407 e. The molecular formula is C11H13BrFN3O2. The van der Waals surface area contributed by atoms with Crippen molar-refractivity contribution >= 4 is 27.7 Å². The van der Waals surface area contributed by atoms with Gasteiger partial charge in [0.2, 0.25) is 0 Å². The second kappa shape index (κ2) is 5.51. The highest BCUT2D eigenvalue weighted by Crippen LogP contribution is 2.20. The molecule has 1 aromatic rings. The molecule has 0 aliphatic carbocycles. The third-order valence-corrected chi connectivity index (χ3v) is 3.30. The molecule has 1 aliphatic rings. The van der Waals surface area contributed by atoms with Crippen LogP contribution in [0.5, 0.6) is 0 Å². The minimum absolute atomic E-state index is 0.0889. The third-order valence-electron chi connectivity index (χ3n) is 2.87. The summed E-state index contributed by atoms with van der Waals surface area (Å²) in [4.78, 5) is 15.8. The molecule has 1 fully saturated rings. The number of halogens is 2. The van der Waals surface area contributed by atoms with Gasteiger partial charge in [-0.2, -0.15) is 0 Å². The maximum absolute atomic E-state index is 13.8. The smallest absolute Gasteiger partial charge is 0.407 e. The van der Waals surface area contributed by atoms with Gasteiger partial charge in [0.1, 0.15) is 6.17 Å². The second-order valence-corrected chi connectivity index (χ2v) is 5.09. The molecule has 98 valence electrons. The first-order valence-corrected chi connectivity index (χ1v) is 6.34. The number of hydrogen-bond donors (Lipinski definition) is 2. The van der Waals surface area contributed by atoms with Crippen molar-refractivity contribution in [2.24, 2.45) is 0 Å². The molecule has 18 heavy (non-hydrogen) atoms. The Hall–Kier alpha value is -1.37. The predicted octanol–water partition coefficient (Wildman–Crippen LogP) is 2.35. The number of alkyl halides is 1. The summed E-state index contributed by atoms with van der Waals surface area (Å²) >= 11 is 3.29. The van der Waals surface area contributed by atoms with Crippen LogP contribution in [0.15, 0.2) is 22.9 Å². The summed E-state index contributed by atoms with van der Waals surface area (Å²) in [5.41, 5.74) is 0.723. The van der Waals surface area contributed by atoms with Crippen molar-refractivity contribution in [2.75, 3.05) is 18.4 Å². The number of carbonyl (C=O) groups is 1. The fourth-order valence-corrected chi connectivity index (χ4v) is 2.31. The van der Waals surface area contributed by atoms with Crippen LogP contribution in [0, 0.1) is 0 Å². The van der Waals surface area contributed by atoms with Crippen molar-refractivity contribution < 1.29 is 14.3 Å². The number of rotatable bonds is 2. The molecule has 0 aromatic carbocycles. The number of nitrogens with zero attached hydrogens (tertiary/aromatic N) is 2. The first-order valence-electron chi connectivity index (χ1n) is 5.55. The van der Waals surface area contributed by atoms with Crippen LogP contribution in [0.2, 0.25) is 0 Å². The van der Waals surface area contributed by atoms with Crippen molar-refractivity contribution in [3.8, 4) is 0 Å². The average molecular weight is 318 g/mol. The number of amides is 1. The molecule has 1 aliphatic heterocycles. The number of carboxylic acid groups (broad SMARTS) is 1. The number of pyridine rings is 1. The molecule has 1 aromatic heterocycles. The lowest BCUT2D eigenvalue weighted by Crippen LogP contribution is -2.49. The number of likely N-dealkylation sites (tertiary alicyclic amines) is 1. The summed E-state index contributed by atoms with van der Waals surface area (Å²) < 4.78 is 14.7. The Morgan fingerprint density at radius 1 is 1.61 bits per heavy atom. The van der Waals surface area contributed by atoms with Crippen LogP contribution in [0.1, 0.15) is 6.42 Å². The van der Waals surface area contributed by atoms with E-state index in [1.165, 1.54) is 0 Å². The first-order chi connectivity index (χ1) is 8.56. The number of nitrogens with one attached hydrogen (secondary N) is 1. The molecule has 5 nitrogen and oxygen atoms in total. The Bertz CT molecular complexity index is 446. The van der Waals surface area contributed by atoms with Gasteiger partial charge in [-0.1, -0.05) is 0 Å². The molecule has 2 rings (SSSR count). The SMILES string of the molecule is O=C(O)N1CC[C@H](Nc2cncc(Br)c2)C(F)C1. The number of anilines is 1. The molecule has 1 unspecified atom stereocenters. The normalized spacial score (nSPS) is 23.8. The Balaban J connectivity index is 1.97. The van der Waals surface area contributed by atoms with Crippen molar-refractivity contribution in [3.05, 3.63) is 22.9 Å². The van der Waals surface area contributed by atoms with Gasteiger partial charge in [-0.25, -0.2) is 9.18 Å². The van der Waals surface area contributed by atoms with Gasteiger partial charge in [-0.15, -0.1) is 0 Å². The van der Waals surface area contributed by atoms with Crippen molar-refractivity contribution in [3.63, 3.8) is 0 Å². The van der Waals surface area contributed by atoms with Crippen LogP contribution in [0.3, 0.4) is 0 Å². The highest BCUT2D eigenvalue weighted by molar-refractivity contribution is 9.10. The Labute approximate surface area is 112 Å². The van der Waals surface area contributed by atoms with Crippen LogP contribution in [0.4, 0.5) is 14.9 Å². The van der Waals surface area contributed by atoms with E-state index in [1.807, 2.05) is 6.07 Å². The van der Waals surface area contributed by atoms with Crippen LogP contribution < -0.4 is 5.32 Å². The van der Waals surface area contributed by atoms with E-state index < -0.39 is 12.3 Å². The zero-order valence-corrected chi connectivity index (χ0v) is 11.1. The van der Waals surface area contributed by atoms with Gasteiger partial charge in [0, 0.05) is 17.2 Å². The molecule has 0 bridgehead atoms. The zero-order chi connectivity index (χ0) is 13.1. The van der Waals surface area contributed by atoms with Crippen LogP contribution in [-0.2, 0) is 0 Å². The van der Waals surface area contributed by atoms with E-state index in [2.05, 4.69) is 26.2 Å². The van der Waals surface area contributed by atoms with E-state index in [0.717, 1.165) is 15.1 Å². The lowest BCUT2D eigenvalue weighted by atomic mass is 10.0. The predicted molar refractivity (Wildman–Crippen MR) is 68.5 cm³/mol. The summed E-state index contributed by atoms with van der Waals surface area (Å²) in [6, 6.07) is 1.43. The van der Waals surface area contributed by atoms with E-state index in [-0.39, 0.29) is 12.6 Å². The lowest BCUT2D eigenvalue weighted by Gasteiger charge is -2.33. The minimum Gasteiger partial charge on any atom is -0.465 e. The summed E-state index contributed by atoms with van der Waals surface area (Å²) in [5, 5.41) is 11.8. The molecular weight excluding hydrogens is 305 g/mol. The summed E-state index contributed by atoms with van der Waals surface area (Å²) in [6.45, 7) is 0.253. The zero-order valence-electron chi connectivity index (χ0n) is 9.51. The highest BCUT2D eigenvalue weighted by atomic mass is 79.9. The Morgan fingerprint density at radius 2 is 2.39 bits per heavy atom. The van der Waals surface area contributed by atoms with E-state index in [1.54, 1.807) is 12.4 Å². The molecule has 2 atom stereocenters. The van der Waals surface area contributed by atoms with Crippen LogP contribution >= 0.6 is 15.9 Å². The fourth-order valence-electron chi connectivity index (χ4n) is 1.95. The summed E-state index contributed by atoms with van der Waals surface area (Å²) in [7, 11) is 0. The summed E-state index contributed by atoms with van der Waals surface area (Å²) in [6.07, 6.45) is 1.42. The van der Waals surface area contributed by atoms with Crippen LogP contribution in [0.25, 0.3) is 0 Å². The van der Waals surface area contributed by atoms with Gasteiger partial charge < -0.3 is 15.3 Å². The first kappa shape index (κ1) is 13.1. The maximum atomic E-state index is 13.8. The summed E-state index contributed by atoms with van der Waals surface area (Å²) in [5.74, 6) is 0. The third kappa shape index (κ3) is 3.10. The van der Waals surface area contributed by atoms with Gasteiger partial charge in [0.05, 0.1) is 24.5 Å². The van der Waals surface area contributed by atoms with Crippen molar-refractivity contribution in [1.29, 1.82) is 0 Å². The van der Waals surface area contributed by atoms with Gasteiger partial charge in [0.15, 0.2) is 0 Å². The highest BCUT2D eigenvalue weighted by Gasteiger charge is 2.31. The monoisotopic (exact) mass is 317 g/mol. The standard InChI is InChI=1S/C11H13BrFN3O2/c12-7-3-8(5-14-4-7)15-10-1-2-16(11(17)18)6-9(10)13/h3-5,9-10,15H,1-2,6H2,(H,17,18)/t9?,10-/m0/s1. The van der Waals surface area contributed by atoms with Gasteiger partial charge in [-0.3, -0.25) is 4.98 Å². The molecule has 2 N–H and O–H groups in total. The molecule has 0 saturated carbocycles. The largest absolute Gasteiger partial charge is 0.465 e. The number of piperidine rings is 1. The Kier molecular flexibility index (Phi) is 4.00. The van der Waals surface area contributed by atoms with E-state index in [0.29, 0.717) is 13.0 Å². The van der Waals surface area contributed by atoms with E-state index in [4.69, 9.17) is 5.11 Å². The topological polar surface area (TPSA) is 65.5 Å². The van der Waals surface area contributed by atoms with Gasteiger partial charge in [-0.05, 0) is 28.4 Å². The van der Waals surface area contributed by atoms with E-state index >= 15 is 0 Å². The second-order valence-electron chi connectivity index (χ2n) is 4.18. The number of hydrogen-bond acceptors (Lipinski definition) is 3. The molecule has 2 heterocycles. The lowest BCUT2D eigenvalue weighted by molar-refractivity contribution is 0.101. The molecule has 1 amide bonds. The fraction of sp³-hybridized carbons (Fsp3) is 0.455. The van der Waals surface area contributed by atoms with E-state index in [9.17, 15) is 9.18 Å². The quantitative estimate of drug-likeness (QED) is 0.878. The van der Waals surface area contributed by atoms with Crippen LogP contribution in [-0.4, -0.2) is 46.4 Å². The average Bonchev–Trinajstić information content (AvgIpc) is 2.31. The van der Waals surface area contributed by atoms with Crippen molar-refractivity contribution in [1.82, 2.24) is 9.88 Å². The molecule has 0 radical (unpaired) electrons. The van der Waals surface area contributed by atoms with Gasteiger partial charge >= 0.3 is 6.09 Å². The Morgan fingerprint density at radius 3 is 3.00 bits per heavy atom.